The first-order chi connectivity index (χ1) is 15.7. The van der Waals surface area contributed by atoms with Crippen LogP contribution < -0.4 is 10.2 Å². The van der Waals surface area contributed by atoms with E-state index in [-0.39, 0.29) is 22.0 Å². The minimum atomic E-state index is -1.03. The quantitative estimate of drug-likeness (QED) is 0.340. The number of carboxylic acid groups (broad SMARTS) is 1. The van der Waals surface area contributed by atoms with Crippen molar-refractivity contribution in [3.63, 3.8) is 0 Å². The Morgan fingerprint density at radius 3 is 2.58 bits per heavy atom. The molecule has 0 aliphatic carbocycles. The van der Waals surface area contributed by atoms with Crippen LogP contribution in [-0.2, 0) is 9.59 Å². The van der Waals surface area contributed by atoms with Crippen LogP contribution in [0.15, 0.2) is 58.5 Å². The van der Waals surface area contributed by atoms with Gasteiger partial charge >= 0.3 is 5.97 Å². The highest BCUT2D eigenvalue weighted by atomic mass is 32.1. The normalized spacial score (nSPS) is 15.2. The van der Waals surface area contributed by atoms with Gasteiger partial charge < -0.3 is 9.52 Å². The lowest BCUT2D eigenvalue weighted by Crippen LogP contribution is -2.54. The molecular formula is C25H20N2O5S. The summed E-state index contributed by atoms with van der Waals surface area (Å²) < 4.78 is 5.84. The van der Waals surface area contributed by atoms with E-state index < -0.39 is 17.8 Å². The molecule has 3 aromatic rings. The number of rotatable bonds is 4. The highest BCUT2D eigenvalue weighted by Crippen LogP contribution is 2.30. The summed E-state index contributed by atoms with van der Waals surface area (Å²) in [5.41, 5.74) is 3.58. The van der Waals surface area contributed by atoms with E-state index in [0.717, 1.165) is 11.1 Å². The molecule has 7 nitrogen and oxygen atoms in total. The summed E-state index contributed by atoms with van der Waals surface area (Å²) in [6.45, 7) is 5.46. The molecule has 1 aliphatic heterocycles. The van der Waals surface area contributed by atoms with Crippen LogP contribution in [-0.4, -0.2) is 28.0 Å². The SMILES string of the molecule is Cc1ccc(C)c(N2C(=O)C(=Cc3ccc(-c4cccc(C(=O)O)c4C)o3)C(=O)NC2=S)c1. The number of carbonyl (C=O) groups is 3. The second kappa shape index (κ2) is 8.48. The van der Waals surface area contributed by atoms with Crippen LogP contribution in [0.1, 0.15) is 32.8 Å². The molecule has 1 saturated heterocycles. The summed E-state index contributed by atoms with van der Waals surface area (Å²) in [6.07, 6.45) is 1.36. The maximum absolute atomic E-state index is 13.3. The third-order valence-electron chi connectivity index (χ3n) is 5.45. The van der Waals surface area contributed by atoms with Gasteiger partial charge in [0.25, 0.3) is 11.8 Å². The van der Waals surface area contributed by atoms with Gasteiger partial charge in [-0.25, -0.2) is 4.79 Å². The van der Waals surface area contributed by atoms with Crippen molar-refractivity contribution in [3.05, 3.63) is 82.1 Å². The van der Waals surface area contributed by atoms with Crippen LogP contribution in [0.2, 0.25) is 0 Å². The molecule has 166 valence electrons. The summed E-state index contributed by atoms with van der Waals surface area (Å²) in [7, 11) is 0. The molecule has 0 spiro atoms. The molecule has 0 bridgehead atoms. The third-order valence-corrected chi connectivity index (χ3v) is 5.73. The number of anilines is 1. The van der Waals surface area contributed by atoms with E-state index >= 15 is 0 Å². The number of benzene rings is 2. The molecule has 0 unspecified atom stereocenters. The van der Waals surface area contributed by atoms with Gasteiger partial charge in [-0.1, -0.05) is 24.3 Å². The molecule has 1 fully saturated rings. The summed E-state index contributed by atoms with van der Waals surface area (Å²) in [6, 6.07) is 13.8. The number of thiocarbonyl (C=S) groups is 1. The Balaban J connectivity index is 1.72. The first-order valence-corrected chi connectivity index (χ1v) is 10.5. The molecule has 2 N–H and O–H groups in total. The molecule has 0 atom stereocenters. The molecule has 2 amide bonds. The van der Waals surface area contributed by atoms with E-state index in [1.807, 2.05) is 32.0 Å². The van der Waals surface area contributed by atoms with Crippen molar-refractivity contribution in [2.75, 3.05) is 4.90 Å². The Hall–Kier alpha value is -4.04. The van der Waals surface area contributed by atoms with Gasteiger partial charge in [-0.3, -0.25) is 19.8 Å². The van der Waals surface area contributed by atoms with Crippen molar-refractivity contribution in [3.8, 4) is 11.3 Å². The molecule has 33 heavy (non-hydrogen) atoms. The number of hydrogen-bond donors (Lipinski definition) is 2. The Bertz CT molecular complexity index is 1370. The standard InChI is InChI=1S/C25H20N2O5S/c1-13-7-8-14(2)20(11-13)27-23(29)19(22(28)26-25(27)33)12-16-9-10-21(32-16)17-5-4-6-18(15(17)3)24(30)31/h4-12H,1-3H3,(H,30,31)(H,26,28,33). The van der Waals surface area contributed by atoms with Gasteiger partial charge in [-0.2, -0.15) is 0 Å². The van der Waals surface area contributed by atoms with Crippen molar-refractivity contribution >= 4 is 46.9 Å². The Morgan fingerprint density at radius 2 is 1.85 bits per heavy atom. The van der Waals surface area contributed by atoms with Gasteiger partial charge in [0.1, 0.15) is 17.1 Å². The fourth-order valence-electron chi connectivity index (χ4n) is 3.69. The van der Waals surface area contributed by atoms with Crippen molar-refractivity contribution < 1.29 is 23.9 Å². The van der Waals surface area contributed by atoms with Crippen LogP contribution >= 0.6 is 12.2 Å². The highest BCUT2D eigenvalue weighted by Gasteiger charge is 2.35. The van der Waals surface area contributed by atoms with Crippen LogP contribution in [0.4, 0.5) is 5.69 Å². The first-order valence-electron chi connectivity index (χ1n) is 10.1. The molecule has 1 aromatic heterocycles. The highest BCUT2D eigenvalue weighted by molar-refractivity contribution is 7.80. The average molecular weight is 461 g/mol. The molecule has 0 radical (unpaired) electrons. The number of carboxylic acids is 1. The number of aromatic carboxylic acids is 1. The lowest BCUT2D eigenvalue weighted by atomic mass is 10.0. The number of nitrogens with zero attached hydrogens (tertiary/aromatic N) is 1. The number of amides is 2. The van der Waals surface area contributed by atoms with Gasteiger partial charge in [-0.05, 0) is 80.0 Å². The van der Waals surface area contributed by atoms with Crippen LogP contribution in [0.3, 0.4) is 0 Å². The number of nitrogens with one attached hydrogen (secondary N) is 1. The molecule has 2 aromatic carbocycles. The second-order valence-corrected chi connectivity index (χ2v) is 8.12. The van der Waals surface area contributed by atoms with Crippen LogP contribution in [0.25, 0.3) is 17.4 Å². The molecule has 1 aliphatic rings. The van der Waals surface area contributed by atoms with E-state index in [9.17, 15) is 19.5 Å². The van der Waals surface area contributed by atoms with Gasteiger partial charge in [0.15, 0.2) is 5.11 Å². The largest absolute Gasteiger partial charge is 0.478 e. The van der Waals surface area contributed by atoms with Crippen LogP contribution in [0.5, 0.6) is 0 Å². The van der Waals surface area contributed by atoms with E-state index in [2.05, 4.69) is 5.32 Å². The summed E-state index contributed by atoms with van der Waals surface area (Å²) in [5, 5.41) is 11.9. The molecule has 0 saturated carbocycles. The monoisotopic (exact) mass is 460 g/mol. The van der Waals surface area contributed by atoms with Crippen molar-refractivity contribution in [1.29, 1.82) is 0 Å². The van der Waals surface area contributed by atoms with Crippen LogP contribution in [0, 0.1) is 20.8 Å². The van der Waals surface area contributed by atoms with E-state index in [1.165, 1.54) is 17.0 Å². The summed E-state index contributed by atoms with van der Waals surface area (Å²) in [5.74, 6) is -1.51. The summed E-state index contributed by atoms with van der Waals surface area (Å²) in [4.78, 5) is 38.6. The number of aryl methyl sites for hydroxylation is 2. The maximum atomic E-state index is 13.3. The smallest absolute Gasteiger partial charge is 0.335 e. The fourth-order valence-corrected chi connectivity index (χ4v) is 3.96. The number of carbonyl (C=O) groups excluding carboxylic acids is 2. The van der Waals surface area contributed by atoms with Gasteiger partial charge in [0.2, 0.25) is 0 Å². The van der Waals surface area contributed by atoms with E-state index in [0.29, 0.717) is 22.6 Å². The second-order valence-electron chi connectivity index (χ2n) is 7.73. The minimum absolute atomic E-state index is 0.0112. The van der Waals surface area contributed by atoms with Crippen molar-refractivity contribution in [2.45, 2.75) is 20.8 Å². The Labute approximate surface area is 195 Å². The topological polar surface area (TPSA) is 99.8 Å². The maximum Gasteiger partial charge on any atom is 0.335 e. The van der Waals surface area contributed by atoms with Crippen molar-refractivity contribution in [1.82, 2.24) is 5.32 Å². The first kappa shape index (κ1) is 22.2. The Morgan fingerprint density at radius 1 is 1.09 bits per heavy atom. The predicted molar refractivity (Wildman–Crippen MR) is 128 cm³/mol. The molecular weight excluding hydrogens is 440 g/mol. The van der Waals surface area contributed by atoms with Gasteiger partial charge in [0.05, 0.1) is 11.3 Å². The minimum Gasteiger partial charge on any atom is -0.478 e. The molecule has 8 heteroatoms. The van der Waals surface area contributed by atoms with E-state index in [1.54, 1.807) is 31.2 Å². The number of hydrogen-bond acceptors (Lipinski definition) is 5. The number of furan rings is 1. The lowest BCUT2D eigenvalue weighted by Gasteiger charge is -2.30. The van der Waals surface area contributed by atoms with Gasteiger partial charge in [0, 0.05) is 5.56 Å². The molecule has 2 heterocycles. The zero-order valence-corrected chi connectivity index (χ0v) is 18.9. The fraction of sp³-hybridized carbons (Fsp3) is 0.120. The average Bonchev–Trinajstić information content (AvgIpc) is 3.22. The zero-order valence-electron chi connectivity index (χ0n) is 18.1. The van der Waals surface area contributed by atoms with Gasteiger partial charge in [-0.15, -0.1) is 0 Å². The van der Waals surface area contributed by atoms with Crippen molar-refractivity contribution in [2.24, 2.45) is 0 Å². The molecule has 4 rings (SSSR count). The predicted octanol–water partition coefficient (Wildman–Crippen LogP) is 4.40. The summed E-state index contributed by atoms with van der Waals surface area (Å²) >= 11 is 5.27. The zero-order chi connectivity index (χ0) is 23.9. The lowest BCUT2D eigenvalue weighted by molar-refractivity contribution is -0.122. The van der Waals surface area contributed by atoms with E-state index in [4.69, 9.17) is 16.6 Å². The Kier molecular flexibility index (Phi) is 5.69. The third kappa shape index (κ3) is 4.08.